The van der Waals surface area contributed by atoms with E-state index in [1.54, 1.807) is 12.1 Å². The normalized spacial score (nSPS) is 10.0. The highest BCUT2D eigenvalue weighted by atomic mass is 79.9. The number of anilines is 1. The second kappa shape index (κ2) is 9.28. The van der Waals surface area contributed by atoms with E-state index in [0.717, 1.165) is 0 Å². The van der Waals surface area contributed by atoms with Crippen molar-refractivity contribution in [2.45, 2.75) is 13.3 Å². The second-order valence-corrected chi connectivity index (χ2v) is 4.86. The van der Waals surface area contributed by atoms with Gasteiger partial charge >= 0.3 is 0 Å². The summed E-state index contributed by atoms with van der Waals surface area (Å²) in [6.07, 6.45) is 2.08. The summed E-state index contributed by atoms with van der Waals surface area (Å²) in [6, 6.07) is 4.67. The third-order valence-corrected chi connectivity index (χ3v) is 3.30. The topological polar surface area (TPSA) is 124 Å². The minimum atomic E-state index is -0.473. The Balaban J connectivity index is 0.00000242. The van der Waals surface area contributed by atoms with Crippen LogP contribution in [0.15, 0.2) is 27.8 Å². The Morgan fingerprint density at radius 1 is 1.48 bits per heavy atom. The summed E-state index contributed by atoms with van der Waals surface area (Å²) >= 11 is 3.12. The fourth-order valence-corrected chi connectivity index (χ4v) is 1.95. The van der Waals surface area contributed by atoms with E-state index >= 15 is 0 Å². The molecule has 0 unspecified atom stereocenters. The second-order valence-electron chi connectivity index (χ2n) is 4.00. The lowest BCUT2D eigenvalue weighted by Crippen LogP contribution is -2.14. The van der Waals surface area contributed by atoms with E-state index in [1.807, 2.05) is 6.92 Å². The zero-order valence-corrected chi connectivity index (χ0v) is 15.1. The van der Waals surface area contributed by atoms with Crippen LogP contribution < -0.4 is 11.3 Å². The highest BCUT2D eigenvalue weighted by Crippen LogP contribution is 2.24. The van der Waals surface area contributed by atoms with Crippen molar-refractivity contribution in [3.8, 4) is 0 Å². The van der Waals surface area contributed by atoms with Gasteiger partial charge in [0.05, 0.1) is 15.6 Å². The number of aromatic nitrogens is 3. The first-order valence-corrected chi connectivity index (χ1v) is 6.74. The van der Waals surface area contributed by atoms with Crippen molar-refractivity contribution in [1.82, 2.24) is 14.9 Å². The van der Waals surface area contributed by atoms with Crippen molar-refractivity contribution < 1.29 is 4.92 Å². The molecule has 0 saturated heterocycles. The van der Waals surface area contributed by atoms with E-state index in [0.29, 0.717) is 22.3 Å². The number of nitrogens with one attached hydrogen (secondary N) is 1. The zero-order valence-electron chi connectivity index (χ0n) is 11.8. The first kappa shape index (κ1) is 21.1. The van der Waals surface area contributed by atoms with Crippen molar-refractivity contribution in [2.24, 2.45) is 5.10 Å². The highest BCUT2D eigenvalue weighted by molar-refractivity contribution is 9.10. The van der Waals surface area contributed by atoms with Crippen LogP contribution in [0.4, 0.5) is 11.6 Å². The number of nitrogens with zero attached hydrogens (tertiary/aromatic N) is 5. The molecule has 0 fully saturated rings. The molecule has 2 aromatic rings. The molecule has 1 aromatic heterocycles. The Morgan fingerprint density at radius 3 is 2.74 bits per heavy atom. The summed E-state index contributed by atoms with van der Waals surface area (Å²) in [7, 11) is 0. The molecule has 0 aliphatic carbocycles. The van der Waals surface area contributed by atoms with Gasteiger partial charge in [-0.15, -0.1) is 35.0 Å². The number of hydrogen-bond acceptors (Lipinski definition) is 7. The molecule has 0 spiro atoms. The number of nitrogens with two attached hydrogens (primary N) is 1. The van der Waals surface area contributed by atoms with E-state index < -0.39 is 4.92 Å². The largest absolute Gasteiger partial charge is 0.335 e. The third kappa shape index (κ3) is 5.05. The number of nitro groups is 1. The summed E-state index contributed by atoms with van der Waals surface area (Å²) in [5.41, 5.74) is 3.16. The van der Waals surface area contributed by atoms with Gasteiger partial charge in [0.2, 0.25) is 0 Å². The molecule has 1 heterocycles. The summed E-state index contributed by atoms with van der Waals surface area (Å²) in [6.45, 7) is 1.90. The lowest BCUT2D eigenvalue weighted by atomic mass is 10.2. The number of hydrogen-bond donors (Lipinski definition) is 2. The number of benzene rings is 1. The molecule has 9 nitrogen and oxygen atoms in total. The van der Waals surface area contributed by atoms with Crippen molar-refractivity contribution in [2.75, 3.05) is 11.3 Å². The number of nitrogen functional groups attached to an aromatic ring is 1. The Labute approximate surface area is 152 Å². The molecule has 23 heavy (non-hydrogen) atoms. The summed E-state index contributed by atoms with van der Waals surface area (Å²) in [4.78, 5) is 10.4. The van der Waals surface area contributed by atoms with E-state index in [2.05, 4.69) is 36.7 Å². The molecule has 0 radical (unpaired) electrons. The van der Waals surface area contributed by atoms with Crippen LogP contribution in [-0.2, 0) is 6.42 Å². The van der Waals surface area contributed by atoms with Crippen molar-refractivity contribution in [3.05, 3.63) is 44.2 Å². The molecule has 1 aromatic carbocycles. The van der Waals surface area contributed by atoms with E-state index in [-0.39, 0.29) is 36.4 Å². The van der Waals surface area contributed by atoms with Crippen LogP contribution in [0.2, 0.25) is 0 Å². The highest BCUT2D eigenvalue weighted by Gasteiger charge is 2.11. The Kier molecular flexibility index (Phi) is 8.51. The zero-order chi connectivity index (χ0) is 15.4. The molecule has 0 amide bonds. The first-order chi connectivity index (χ1) is 10.0. The van der Waals surface area contributed by atoms with Crippen LogP contribution in [0.3, 0.4) is 0 Å². The van der Waals surface area contributed by atoms with E-state index in [1.165, 1.54) is 17.0 Å². The Morgan fingerprint density at radius 2 is 2.17 bits per heavy atom. The monoisotopic (exact) mass is 425 g/mol. The van der Waals surface area contributed by atoms with E-state index in [9.17, 15) is 10.1 Å². The molecule has 0 atom stereocenters. The minimum absolute atomic E-state index is 0. The van der Waals surface area contributed by atoms with Gasteiger partial charge in [-0.1, -0.05) is 13.0 Å². The summed E-state index contributed by atoms with van der Waals surface area (Å²) in [5, 5.41) is 22.5. The summed E-state index contributed by atoms with van der Waals surface area (Å²) < 4.78 is 1.70. The average Bonchev–Trinajstić information content (AvgIpc) is 2.81. The predicted molar refractivity (Wildman–Crippen MR) is 96.1 cm³/mol. The van der Waals surface area contributed by atoms with Gasteiger partial charge < -0.3 is 5.84 Å². The molecular weight excluding hydrogens is 413 g/mol. The van der Waals surface area contributed by atoms with Crippen molar-refractivity contribution >= 4 is 58.6 Å². The first-order valence-electron chi connectivity index (χ1n) is 5.95. The van der Waals surface area contributed by atoms with Gasteiger partial charge in [0.1, 0.15) is 0 Å². The molecule has 0 aliphatic heterocycles. The number of hydrazone groups is 1. The van der Waals surface area contributed by atoms with Crippen LogP contribution in [0, 0.1) is 10.1 Å². The van der Waals surface area contributed by atoms with Crippen LogP contribution >= 0.6 is 40.7 Å². The molecule has 2 rings (SSSR count). The van der Waals surface area contributed by atoms with Crippen molar-refractivity contribution in [3.63, 3.8) is 0 Å². The van der Waals surface area contributed by atoms with Gasteiger partial charge in [-0.2, -0.15) is 5.10 Å². The van der Waals surface area contributed by atoms with Gasteiger partial charge in [0.25, 0.3) is 11.6 Å². The van der Waals surface area contributed by atoms with Gasteiger partial charge in [0, 0.05) is 18.1 Å². The fourth-order valence-electron chi connectivity index (χ4n) is 1.56. The lowest BCUT2D eigenvalue weighted by Gasteiger charge is -2.01. The molecule has 0 saturated carbocycles. The molecular formula is C11H14BrCl2N7O2. The number of halogens is 3. The third-order valence-electron chi connectivity index (χ3n) is 2.63. The van der Waals surface area contributed by atoms with E-state index in [4.69, 9.17) is 5.84 Å². The van der Waals surface area contributed by atoms with Crippen LogP contribution in [0.5, 0.6) is 0 Å². The minimum Gasteiger partial charge on any atom is -0.335 e. The van der Waals surface area contributed by atoms with Crippen LogP contribution in [-0.4, -0.2) is 26.0 Å². The Bertz CT molecular complexity index is 708. The van der Waals surface area contributed by atoms with Crippen LogP contribution in [0.1, 0.15) is 18.3 Å². The van der Waals surface area contributed by atoms with Crippen LogP contribution in [0.25, 0.3) is 0 Å². The quantitative estimate of drug-likeness (QED) is 0.327. The predicted octanol–water partition coefficient (Wildman–Crippen LogP) is 2.51. The summed E-state index contributed by atoms with van der Waals surface area (Å²) in [5.74, 6) is 6.64. The maximum absolute atomic E-state index is 10.8. The molecule has 12 heteroatoms. The Hall–Kier alpha value is -1.91. The van der Waals surface area contributed by atoms with Crippen molar-refractivity contribution in [1.29, 1.82) is 0 Å². The number of rotatable bonds is 5. The number of aryl methyl sites for hydroxylation is 1. The molecule has 0 bridgehead atoms. The molecule has 3 N–H and O–H groups in total. The smallest absolute Gasteiger partial charge is 0.284 e. The molecule has 0 aliphatic rings. The molecule has 126 valence electrons. The lowest BCUT2D eigenvalue weighted by molar-refractivity contribution is -0.385. The maximum Gasteiger partial charge on any atom is 0.284 e. The average molecular weight is 427 g/mol. The van der Waals surface area contributed by atoms with Gasteiger partial charge in [0.15, 0.2) is 5.82 Å². The van der Waals surface area contributed by atoms with Gasteiger partial charge in [-0.25, -0.2) is 10.1 Å². The maximum atomic E-state index is 10.8. The van der Waals surface area contributed by atoms with Gasteiger partial charge in [-0.05, 0) is 22.0 Å². The number of nitro benzene ring substituents is 1. The fraction of sp³-hybridized carbons (Fsp3) is 0.182. The standard InChI is InChI=1S/C11H12BrN7O2.2ClH/c1-2-10-15-17-11(18(10)13)16-14-6-7-3-4-8(12)9(5-7)19(20)21;;/h3-6H,2,13H2,1H3,(H,16,17);2*1H. The SMILES string of the molecule is CCc1nnc(NN=Cc2ccc(Br)c([N+](=O)[O-])c2)n1N.Cl.Cl. The van der Waals surface area contributed by atoms with Gasteiger partial charge in [-0.3, -0.25) is 10.1 Å².